The van der Waals surface area contributed by atoms with Gasteiger partial charge in [0, 0.05) is 18.7 Å². The van der Waals surface area contributed by atoms with Crippen LogP contribution in [0.3, 0.4) is 0 Å². The molecule has 1 aromatic carbocycles. The van der Waals surface area contributed by atoms with Gasteiger partial charge in [-0.15, -0.1) is 0 Å². The molecule has 2 heterocycles. The first-order chi connectivity index (χ1) is 16.4. The number of ether oxygens (including phenoxy) is 2. The zero-order valence-electron chi connectivity index (χ0n) is 18.5. The second-order valence-corrected chi connectivity index (χ2v) is 6.68. The van der Waals surface area contributed by atoms with Crippen LogP contribution in [-0.4, -0.2) is 63.0 Å². The molecule has 0 bridgehead atoms. The number of aromatic nitrogens is 4. The number of nitrogens with one attached hydrogen (secondary N) is 2. The van der Waals surface area contributed by atoms with Gasteiger partial charge in [-0.05, 0) is 37.0 Å². The number of hydrogen-bond acceptors (Lipinski definition) is 10. The van der Waals surface area contributed by atoms with E-state index in [1.165, 1.54) is 16.9 Å². The second kappa shape index (κ2) is 11.4. The van der Waals surface area contributed by atoms with Crippen LogP contribution in [0.4, 0.5) is 5.82 Å². The number of rotatable bonds is 12. The maximum atomic E-state index is 12.4. The Kier molecular flexibility index (Phi) is 8.10. The first-order valence-corrected chi connectivity index (χ1v) is 10.4. The molecule has 0 atom stereocenters. The monoisotopic (exact) mass is 473 g/mol. The van der Waals surface area contributed by atoms with Crippen molar-refractivity contribution in [3.63, 3.8) is 0 Å². The summed E-state index contributed by atoms with van der Waals surface area (Å²) in [5.41, 5.74) is 0.388. The Labute approximate surface area is 193 Å². The van der Waals surface area contributed by atoms with E-state index in [0.717, 1.165) is 0 Å². The van der Waals surface area contributed by atoms with Gasteiger partial charge >= 0.3 is 17.6 Å². The van der Waals surface area contributed by atoms with Gasteiger partial charge in [-0.25, -0.2) is 0 Å². The molecule has 180 valence electrons. The molecular weight excluding hydrogens is 450 g/mol. The molecule has 0 saturated heterocycles. The molecule has 3 aromatic rings. The lowest BCUT2D eigenvalue weighted by atomic mass is 10.2. The average Bonchev–Trinajstić information content (AvgIpc) is 3.48. The molecule has 2 aromatic heterocycles. The van der Waals surface area contributed by atoms with Gasteiger partial charge in [-0.1, -0.05) is 5.16 Å². The number of carbonyl (C=O) groups is 2. The molecule has 34 heavy (non-hydrogen) atoms. The van der Waals surface area contributed by atoms with Gasteiger partial charge in [0.15, 0.2) is 17.3 Å². The Balaban J connectivity index is 1.46. The molecule has 0 fully saturated rings. The van der Waals surface area contributed by atoms with E-state index in [4.69, 9.17) is 14.0 Å². The maximum Gasteiger partial charge on any atom is 0.389 e. The van der Waals surface area contributed by atoms with Crippen LogP contribution in [0.2, 0.25) is 0 Å². The molecule has 0 aliphatic carbocycles. The van der Waals surface area contributed by atoms with E-state index in [9.17, 15) is 19.7 Å². The normalized spacial score (nSPS) is 10.5. The van der Waals surface area contributed by atoms with Crippen molar-refractivity contribution >= 4 is 17.6 Å². The van der Waals surface area contributed by atoms with Crippen LogP contribution in [0.25, 0.3) is 0 Å². The Bertz CT molecular complexity index is 1160. The van der Waals surface area contributed by atoms with Crippen molar-refractivity contribution < 1.29 is 28.5 Å². The number of nitro groups is 1. The topological polar surface area (TPSA) is 177 Å². The second-order valence-electron chi connectivity index (χ2n) is 6.68. The predicted octanol–water partition coefficient (Wildman–Crippen LogP) is 1.18. The van der Waals surface area contributed by atoms with Crippen molar-refractivity contribution in [2.75, 3.05) is 26.3 Å². The van der Waals surface area contributed by atoms with E-state index in [1.807, 2.05) is 13.8 Å². The Hall–Kier alpha value is -4.49. The highest BCUT2D eigenvalue weighted by molar-refractivity contribution is 5.95. The van der Waals surface area contributed by atoms with E-state index in [-0.39, 0.29) is 43.1 Å². The van der Waals surface area contributed by atoms with Gasteiger partial charge in [-0.2, -0.15) is 9.67 Å². The van der Waals surface area contributed by atoms with Crippen molar-refractivity contribution in [2.24, 2.45) is 0 Å². The molecule has 0 spiro atoms. The van der Waals surface area contributed by atoms with Crippen molar-refractivity contribution in [3.05, 3.63) is 57.9 Å². The molecule has 3 rings (SSSR count). The van der Waals surface area contributed by atoms with E-state index in [2.05, 4.69) is 25.9 Å². The minimum Gasteiger partial charge on any atom is -0.490 e. The lowest BCUT2D eigenvalue weighted by Gasteiger charge is -2.12. The van der Waals surface area contributed by atoms with Gasteiger partial charge in [-0.3, -0.25) is 9.59 Å². The van der Waals surface area contributed by atoms with Crippen LogP contribution >= 0.6 is 0 Å². The summed E-state index contributed by atoms with van der Waals surface area (Å²) in [5, 5.41) is 23.3. The average molecular weight is 473 g/mol. The summed E-state index contributed by atoms with van der Waals surface area (Å²) < 4.78 is 17.2. The van der Waals surface area contributed by atoms with Crippen LogP contribution in [0, 0.1) is 10.1 Å². The van der Waals surface area contributed by atoms with Gasteiger partial charge in [0.2, 0.25) is 0 Å². The van der Waals surface area contributed by atoms with Crippen LogP contribution in [-0.2, 0) is 6.54 Å². The fourth-order valence-electron chi connectivity index (χ4n) is 2.81. The summed E-state index contributed by atoms with van der Waals surface area (Å²) in [6, 6.07) is 6.11. The Morgan fingerprint density at radius 3 is 2.47 bits per heavy atom. The van der Waals surface area contributed by atoms with Crippen LogP contribution < -0.4 is 20.1 Å². The molecular formula is C20H23N7O7. The number of benzene rings is 1. The molecule has 0 aliphatic rings. The van der Waals surface area contributed by atoms with Crippen molar-refractivity contribution in [1.29, 1.82) is 0 Å². The van der Waals surface area contributed by atoms with Crippen LogP contribution in [0.1, 0.15) is 40.7 Å². The van der Waals surface area contributed by atoms with Crippen molar-refractivity contribution in [3.8, 4) is 11.5 Å². The van der Waals surface area contributed by atoms with Crippen molar-refractivity contribution in [2.45, 2.75) is 20.4 Å². The number of nitrogens with zero attached hydrogens (tertiary/aromatic N) is 5. The fourth-order valence-corrected chi connectivity index (χ4v) is 2.81. The summed E-state index contributed by atoms with van der Waals surface area (Å²) in [5.74, 6) is -0.415. The van der Waals surface area contributed by atoms with Crippen LogP contribution in [0.15, 0.2) is 35.0 Å². The van der Waals surface area contributed by atoms with Gasteiger partial charge in [0.1, 0.15) is 6.54 Å². The lowest BCUT2D eigenvalue weighted by Crippen LogP contribution is -2.34. The number of carbonyl (C=O) groups excluding carboxylic acids is 2. The quantitative estimate of drug-likeness (QED) is 0.220. The minimum atomic E-state index is -0.627. The SMILES string of the molecule is CCOc1ccc(C(=O)NCCNC(=O)c2nc(Cn3ccc([N+](=O)[O-])n3)no2)cc1OCC. The van der Waals surface area contributed by atoms with E-state index in [0.29, 0.717) is 30.3 Å². The first-order valence-electron chi connectivity index (χ1n) is 10.4. The molecule has 2 N–H and O–H groups in total. The Morgan fingerprint density at radius 1 is 1.09 bits per heavy atom. The molecule has 14 nitrogen and oxygen atoms in total. The first kappa shape index (κ1) is 24.2. The molecule has 0 radical (unpaired) electrons. The fraction of sp³-hybridized carbons (Fsp3) is 0.350. The highest BCUT2D eigenvalue weighted by Gasteiger charge is 2.18. The van der Waals surface area contributed by atoms with Gasteiger partial charge in [0.05, 0.1) is 30.6 Å². The van der Waals surface area contributed by atoms with Gasteiger partial charge in [0.25, 0.3) is 5.91 Å². The highest BCUT2D eigenvalue weighted by Crippen LogP contribution is 2.28. The van der Waals surface area contributed by atoms with Gasteiger partial charge < -0.3 is 34.7 Å². The maximum absolute atomic E-state index is 12.4. The lowest BCUT2D eigenvalue weighted by molar-refractivity contribution is -0.389. The zero-order valence-corrected chi connectivity index (χ0v) is 18.5. The molecule has 0 aliphatic heterocycles. The summed E-state index contributed by atoms with van der Waals surface area (Å²) in [4.78, 5) is 38.6. The summed E-state index contributed by atoms with van der Waals surface area (Å²) in [6.45, 7) is 4.85. The summed E-state index contributed by atoms with van der Waals surface area (Å²) in [6.07, 6.45) is 1.39. The zero-order chi connectivity index (χ0) is 24.5. The summed E-state index contributed by atoms with van der Waals surface area (Å²) >= 11 is 0. The van der Waals surface area contributed by atoms with E-state index >= 15 is 0 Å². The number of hydrogen-bond donors (Lipinski definition) is 2. The molecule has 0 unspecified atom stereocenters. The third kappa shape index (κ3) is 6.27. The predicted molar refractivity (Wildman–Crippen MR) is 116 cm³/mol. The molecule has 2 amide bonds. The minimum absolute atomic E-state index is 0.00744. The van der Waals surface area contributed by atoms with Crippen LogP contribution in [0.5, 0.6) is 11.5 Å². The highest BCUT2D eigenvalue weighted by atomic mass is 16.6. The standard InChI is InChI=1S/C20H23N7O7/c1-3-32-14-6-5-13(11-15(14)33-4-2)18(28)21-8-9-22-19(29)20-23-16(25-34-20)12-26-10-7-17(24-26)27(30)31/h5-7,10-11H,3-4,8-9,12H2,1-2H3,(H,21,28)(H,22,29). The summed E-state index contributed by atoms with van der Waals surface area (Å²) in [7, 11) is 0. The largest absolute Gasteiger partial charge is 0.490 e. The smallest absolute Gasteiger partial charge is 0.389 e. The third-order valence-corrected chi connectivity index (χ3v) is 4.28. The van der Waals surface area contributed by atoms with E-state index in [1.54, 1.807) is 18.2 Å². The molecule has 14 heteroatoms. The third-order valence-electron chi connectivity index (χ3n) is 4.28. The van der Waals surface area contributed by atoms with E-state index < -0.39 is 10.8 Å². The van der Waals surface area contributed by atoms with Crippen molar-refractivity contribution in [1.82, 2.24) is 30.6 Å². The number of amides is 2. The Morgan fingerprint density at radius 2 is 1.79 bits per heavy atom. The molecule has 0 saturated carbocycles.